The number of imidazole rings is 1. The van der Waals surface area contributed by atoms with Crippen LogP contribution in [0.4, 0.5) is 0 Å². The highest BCUT2D eigenvalue weighted by atomic mass is 16.5. The molecule has 1 atom stereocenters. The highest BCUT2D eigenvalue weighted by Crippen LogP contribution is 2.26. The molecule has 0 aliphatic rings. The van der Waals surface area contributed by atoms with Gasteiger partial charge in [-0.2, -0.15) is 0 Å². The fourth-order valence-electron chi connectivity index (χ4n) is 3.33. The van der Waals surface area contributed by atoms with E-state index in [1.807, 2.05) is 49.4 Å². The Morgan fingerprint density at radius 1 is 1.18 bits per heavy atom. The van der Waals surface area contributed by atoms with Crippen molar-refractivity contribution in [2.24, 2.45) is 0 Å². The second-order valence-electron chi connectivity index (χ2n) is 7.09. The Balaban J connectivity index is 1.83. The van der Waals surface area contributed by atoms with Gasteiger partial charge in [0.1, 0.15) is 18.2 Å². The summed E-state index contributed by atoms with van der Waals surface area (Å²) in [5.41, 5.74) is 3.13. The van der Waals surface area contributed by atoms with Crippen molar-refractivity contribution in [3.05, 3.63) is 72.6 Å². The number of amides is 1. The fourth-order valence-corrected chi connectivity index (χ4v) is 3.33. The monoisotopic (exact) mass is 377 g/mol. The minimum Gasteiger partial charge on any atom is -0.491 e. The molecule has 0 bridgehead atoms. The topological polar surface area (TPSA) is 56.2 Å². The van der Waals surface area contributed by atoms with Gasteiger partial charge in [0.25, 0.3) is 0 Å². The van der Waals surface area contributed by atoms with Gasteiger partial charge in [-0.3, -0.25) is 4.79 Å². The number of nitrogens with zero attached hydrogens (tertiary/aromatic N) is 2. The highest BCUT2D eigenvalue weighted by molar-refractivity contribution is 5.87. The Kier molecular flexibility index (Phi) is 6.14. The predicted octanol–water partition coefficient (Wildman–Crippen LogP) is 4.60. The SMILES string of the molecule is C=CC(=O)NC(C)c1nc2ccccc2n1CCOc1ccccc1C(C)C. The van der Waals surface area contributed by atoms with Crippen LogP contribution in [0.5, 0.6) is 5.75 Å². The Labute approximate surface area is 166 Å². The Hall–Kier alpha value is -3.08. The summed E-state index contributed by atoms with van der Waals surface area (Å²) in [7, 11) is 0. The molecule has 5 nitrogen and oxygen atoms in total. The van der Waals surface area contributed by atoms with E-state index in [-0.39, 0.29) is 11.9 Å². The third-order valence-electron chi connectivity index (χ3n) is 4.73. The summed E-state index contributed by atoms with van der Waals surface area (Å²) in [5.74, 6) is 1.90. The number of carbonyl (C=O) groups excluding carboxylic acids is 1. The van der Waals surface area contributed by atoms with Gasteiger partial charge < -0.3 is 14.6 Å². The van der Waals surface area contributed by atoms with Gasteiger partial charge in [0.2, 0.25) is 5.91 Å². The fraction of sp³-hybridized carbons (Fsp3) is 0.304. The molecular weight excluding hydrogens is 350 g/mol. The summed E-state index contributed by atoms with van der Waals surface area (Å²) in [6.07, 6.45) is 1.27. The molecule has 28 heavy (non-hydrogen) atoms. The van der Waals surface area contributed by atoms with E-state index in [0.29, 0.717) is 19.1 Å². The van der Waals surface area contributed by atoms with Crippen LogP contribution in [-0.4, -0.2) is 22.1 Å². The van der Waals surface area contributed by atoms with E-state index in [4.69, 9.17) is 9.72 Å². The molecule has 0 radical (unpaired) electrons. The maximum Gasteiger partial charge on any atom is 0.243 e. The number of fused-ring (bicyclic) bond motifs is 1. The number of hydrogen-bond acceptors (Lipinski definition) is 3. The lowest BCUT2D eigenvalue weighted by atomic mass is 10.0. The van der Waals surface area contributed by atoms with Crippen LogP contribution >= 0.6 is 0 Å². The van der Waals surface area contributed by atoms with E-state index in [9.17, 15) is 4.79 Å². The van der Waals surface area contributed by atoms with Gasteiger partial charge in [-0.05, 0) is 42.7 Å². The Bertz CT molecular complexity index is 975. The van der Waals surface area contributed by atoms with Crippen LogP contribution in [-0.2, 0) is 11.3 Å². The molecule has 1 unspecified atom stereocenters. The maximum absolute atomic E-state index is 11.7. The van der Waals surface area contributed by atoms with Gasteiger partial charge >= 0.3 is 0 Å². The van der Waals surface area contributed by atoms with Gasteiger partial charge in [-0.1, -0.05) is 50.8 Å². The first-order valence-electron chi connectivity index (χ1n) is 9.61. The van der Waals surface area contributed by atoms with Gasteiger partial charge in [0.05, 0.1) is 23.6 Å². The van der Waals surface area contributed by atoms with Crippen LogP contribution in [0.15, 0.2) is 61.2 Å². The highest BCUT2D eigenvalue weighted by Gasteiger charge is 2.17. The molecule has 0 saturated heterocycles. The van der Waals surface area contributed by atoms with Crippen LogP contribution in [0.1, 0.15) is 44.1 Å². The van der Waals surface area contributed by atoms with E-state index < -0.39 is 0 Å². The first-order chi connectivity index (χ1) is 13.5. The van der Waals surface area contributed by atoms with E-state index in [2.05, 4.69) is 36.4 Å². The van der Waals surface area contributed by atoms with Crippen LogP contribution in [0.25, 0.3) is 11.0 Å². The quantitative estimate of drug-likeness (QED) is 0.584. The molecule has 1 aromatic heterocycles. The first-order valence-corrected chi connectivity index (χ1v) is 9.61. The van der Waals surface area contributed by atoms with Gasteiger partial charge in [0, 0.05) is 0 Å². The van der Waals surface area contributed by atoms with Gasteiger partial charge in [-0.25, -0.2) is 4.98 Å². The lowest BCUT2D eigenvalue weighted by molar-refractivity contribution is -0.117. The van der Waals surface area contributed by atoms with Crippen molar-refractivity contribution in [1.82, 2.24) is 14.9 Å². The van der Waals surface area contributed by atoms with E-state index in [1.165, 1.54) is 11.6 Å². The number of ether oxygens (including phenoxy) is 1. The van der Waals surface area contributed by atoms with Crippen LogP contribution in [0.2, 0.25) is 0 Å². The number of carbonyl (C=O) groups is 1. The molecule has 3 aromatic rings. The van der Waals surface area contributed by atoms with Crippen LogP contribution in [0, 0.1) is 0 Å². The average Bonchev–Trinajstić information content (AvgIpc) is 3.07. The van der Waals surface area contributed by atoms with Crippen LogP contribution < -0.4 is 10.1 Å². The Morgan fingerprint density at radius 2 is 1.89 bits per heavy atom. The molecule has 0 saturated carbocycles. The van der Waals surface area contributed by atoms with Crippen molar-refractivity contribution in [3.8, 4) is 5.75 Å². The zero-order chi connectivity index (χ0) is 20.1. The molecule has 0 aliphatic carbocycles. The number of hydrogen-bond donors (Lipinski definition) is 1. The molecule has 1 amide bonds. The molecule has 0 spiro atoms. The third kappa shape index (κ3) is 4.25. The summed E-state index contributed by atoms with van der Waals surface area (Å²) in [4.78, 5) is 16.5. The van der Waals surface area contributed by atoms with E-state index in [1.54, 1.807) is 0 Å². The molecule has 2 aromatic carbocycles. The lowest BCUT2D eigenvalue weighted by Gasteiger charge is -2.17. The zero-order valence-corrected chi connectivity index (χ0v) is 16.7. The standard InChI is InChI=1S/C23H27N3O2/c1-5-22(27)24-17(4)23-25-19-11-7-8-12-20(19)26(23)14-15-28-21-13-9-6-10-18(21)16(2)3/h5-13,16-17H,1,14-15H2,2-4H3,(H,24,27). The summed E-state index contributed by atoms with van der Waals surface area (Å²) in [5, 5.41) is 2.90. The van der Waals surface area contributed by atoms with Gasteiger partial charge in [-0.15, -0.1) is 0 Å². The molecule has 0 fully saturated rings. The predicted molar refractivity (Wildman–Crippen MR) is 113 cm³/mol. The second-order valence-corrected chi connectivity index (χ2v) is 7.09. The molecule has 1 heterocycles. The summed E-state index contributed by atoms with van der Waals surface area (Å²) in [6, 6.07) is 15.9. The minimum atomic E-state index is -0.235. The largest absolute Gasteiger partial charge is 0.491 e. The Morgan fingerprint density at radius 3 is 2.64 bits per heavy atom. The molecule has 5 heteroatoms. The summed E-state index contributed by atoms with van der Waals surface area (Å²) in [6.45, 7) is 10.9. The minimum absolute atomic E-state index is 0.215. The first kappa shape index (κ1) is 19.7. The molecule has 1 N–H and O–H groups in total. The molecular formula is C23H27N3O2. The van der Waals surface area contributed by atoms with Crippen LogP contribution in [0.3, 0.4) is 0 Å². The normalized spacial score (nSPS) is 12.1. The summed E-state index contributed by atoms with van der Waals surface area (Å²) >= 11 is 0. The third-order valence-corrected chi connectivity index (χ3v) is 4.73. The molecule has 0 aliphatic heterocycles. The summed E-state index contributed by atoms with van der Waals surface area (Å²) < 4.78 is 8.22. The lowest BCUT2D eigenvalue weighted by Crippen LogP contribution is -2.27. The zero-order valence-electron chi connectivity index (χ0n) is 16.7. The molecule has 146 valence electrons. The average molecular weight is 377 g/mol. The van der Waals surface area contributed by atoms with Crippen molar-refractivity contribution in [2.45, 2.75) is 39.3 Å². The van der Waals surface area contributed by atoms with E-state index in [0.717, 1.165) is 22.6 Å². The van der Waals surface area contributed by atoms with Crippen molar-refractivity contribution >= 4 is 16.9 Å². The molecule has 3 rings (SSSR count). The smallest absolute Gasteiger partial charge is 0.243 e. The number of rotatable bonds is 8. The number of para-hydroxylation sites is 3. The van der Waals surface area contributed by atoms with E-state index >= 15 is 0 Å². The number of benzene rings is 2. The van der Waals surface area contributed by atoms with Gasteiger partial charge in [0.15, 0.2) is 0 Å². The number of aromatic nitrogens is 2. The second kappa shape index (κ2) is 8.74. The van der Waals surface area contributed by atoms with Crippen molar-refractivity contribution < 1.29 is 9.53 Å². The maximum atomic E-state index is 11.7. The van der Waals surface area contributed by atoms with Crippen molar-refractivity contribution in [3.63, 3.8) is 0 Å². The number of nitrogens with one attached hydrogen (secondary N) is 1. The van der Waals surface area contributed by atoms with Crippen molar-refractivity contribution in [1.29, 1.82) is 0 Å². The van der Waals surface area contributed by atoms with Crippen molar-refractivity contribution in [2.75, 3.05) is 6.61 Å².